The average molecular weight is 360 g/mol. The molecule has 0 unspecified atom stereocenters. The van der Waals surface area contributed by atoms with E-state index in [1.165, 1.54) is 51.4 Å². The second-order valence-corrected chi connectivity index (χ2v) is 5.77. The molecule has 2 amide bonds. The first kappa shape index (κ1) is 27.9. The van der Waals surface area contributed by atoms with Crippen LogP contribution in [0.1, 0.15) is 84.0 Å². The van der Waals surface area contributed by atoms with Crippen molar-refractivity contribution in [3.63, 3.8) is 0 Å². The Hall–Kier alpha value is -1.89. The molecule has 0 saturated heterocycles. The van der Waals surface area contributed by atoms with Crippen molar-refractivity contribution < 1.29 is 19.5 Å². The van der Waals surface area contributed by atoms with Gasteiger partial charge in [-0.2, -0.15) is 0 Å². The minimum atomic E-state index is -0.743. The Kier molecular flexibility index (Phi) is 24.7. The van der Waals surface area contributed by atoms with Crippen LogP contribution in [0, 0.1) is 0 Å². The molecule has 0 saturated carbocycles. The number of amides is 2. The van der Waals surface area contributed by atoms with Crippen molar-refractivity contribution in [1.29, 1.82) is 0 Å². The van der Waals surface area contributed by atoms with Gasteiger partial charge < -0.3 is 22.7 Å². The van der Waals surface area contributed by atoms with E-state index in [0.717, 1.165) is 6.42 Å². The number of primary amides is 2. The lowest BCUT2D eigenvalue weighted by molar-refractivity contribution is -0.136. The predicted octanol–water partition coefficient (Wildman–Crippen LogP) is 3.45. The molecule has 7 nitrogen and oxygen atoms in total. The lowest BCUT2D eigenvalue weighted by Crippen LogP contribution is -2.16. The lowest BCUT2D eigenvalue weighted by atomic mass is 10.1. The van der Waals surface area contributed by atoms with Crippen LogP contribution < -0.4 is 17.6 Å². The standard InChI is InChI=1S/C14H26O2.C4H8N2O2.H3N/c1-2-3-4-5-6-7-8-9-10-11-12-13-14(15)16;5-3(7)1-2-4(6)8;/h11-12H,2-10,13H2,1H3,(H,15,16);1-2H2,(H2,5,7)(H2,6,8);1H3. The van der Waals surface area contributed by atoms with Gasteiger partial charge in [-0.1, -0.05) is 64.0 Å². The number of nitrogens with two attached hydrogens (primary N) is 2. The van der Waals surface area contributed by atoms with Gasteiger partial charge in [0.25, 0.3) is 0 Å². The summed E-state index contributed by atoms with van der Waals surface area (Å²) in [7, 11) is 0. The Balaban J connectivity index is -0.000000457. The van der Waals surface area contributed by atoms with E-state index < -0.39 is 17.8 Å². The van der Waals surface area contributed by atoms with E-state index in [2.05, 4.69) is 6.92 Å². The number of carbonyl (C=O) groups is 3. The van der Waals surface area contributed by atoms with Crippen molar-refractivity contribution in [2.45, 2.75) is 84.0 Å². The van der Waals surface area contributed by atoms with E-state index >= 15 is 0 Å². The Bertz CT molecular complexity index is 357. The molecule has 0 atom stereocenters. The average Bonchev–Trinajstić information content (AvgIpc) is 2.51. The summed E-state index contributed by atoms with van der Waals surface area (Å²) in [6.07, 6.45) is 15.7. The molecular weight excluding hydrogens is 322 g/mol. The molecular formula is C18H37N3O4. The second kappa shape index (κ2) is 22.1. The summed E-state index contributed by atoms with van der Waals surface area (Å²) in [6.45, 7) is 2.24. The Labute approximate surface area is 151 Å². The van der Waals surface area contributed by atoms with E-state index in [4.69, 9.17) is 16.6 Å². The monoisotopic (exact) mass is 359 g/mol. The first-order valence-corrected chi connectivity index (χ1v) is 8.83. The molecule has 25 heavy (non-hydrogen) atoms. The molecule has 0 fully saturated rings. The van der Waals surface area contributed by atoms with Gasteiger partial charge in [0.2, 0.25) is 11.8 Å². The van der Waals surface area contributed by atoms with Crippen LogP contribution in [0.25, 0.3) is 0 Å². The van der Waals surface area contributed by atoms with Gasteiger partial charge in [0.1, 0.15) is 0 Å². The number of aliphatic carboxylic acids is 1. The number of unbranched alkanes of at least 4 members (excludes halogenated alkanes) is 8. The van der Waals surface area contributed by atoms with Crippen molar-refractivity contribution >= 4 is 17.8 Å². The van der Waals surface area contributed by atoms with Gasteiger partial charge in [-0.05, 0) is 12.8 Å². The number of carbonyl (C=O) groups excluding carboxylic acids is 2. The fourth-order valence-corrected chi connectivity index (χ4v) is 1.94. The van der Waals surface area contributed by atoms with Crippen LogP contribution in [0.3, 0.4) is 0 Å². The van der Waals surface area contributed by atoms with Gasteiger partial charge in [-0.25, -0.2) is 0 Å². The molecule has 148 valence electrons. The van der Waals surface area contributed by atoms with Crippen LogP contribution in [0.2, 0.25) is 0 Å². The summed E-state index contributed by atoms with van der Waals surface area (Å²) in [5.41, 5.74) is 9.39. The maximum Gasteiger partial charge on any atom is 0.307 e. The first-order valence-electron chi connectivity index (χ1n) is 8.83. The summed E-state index contributed by atoms with van der Waals surface area (Å²) in [6, 6.07) is 0. The molecule has 0 bridgehead atoms. The summed E-state index contributed by atoms with van der Waals surface area (Å²) in [4.78, 5) is 30.0. The van der Waals surface area contributed by atoms with Crippen molar-refractivity contribution in [3.8, 4) is 0 Å². The third-order valence-electron chi connectivity index (χ3n) is 3.30. The Morgan fingerprint density at radius 1 is 0.800 bits per heavy atom. The maximum absolute atomic E-state index is 10.2. The number of hydrogen-bond acceptors (Lipinski definition) is 4. The van der Waals surface area contributed by atoms with Gasteiger partial charge >= 0.3 is 5.97 Å². The van der Waals surface area contributed by atoms with E-state index in [-0.39, 0.29) is 25.4 Å². The van der Waals surface area contributed by atoms with Crippen molar-refractivity contribution in [1.82, 2.24) is 6.15 Å². The van der Waals surface area contributed by atoms with Crippen LogP contribution >= 0.6 is 0 Å². The number of carboxylic acid groups (broad SMARTS) is 1. The summed E-state index contributed by atoms with van der Waals surface area (Å²) in [5.74, 6) is -1.74. The van der Waals surface area contributed by atoms with Gasteiger partial charge in [0.15, 0.2) is 0 Å². The quantitative estimate of drug-likeness (QED) is 0.276. The number of hydrogen-bond donors (Lipinski definition) is 4. The molecule has 0 heterocycles. The third-order valence-corrected chi connectivity index (χ3v) is 3.30. The molecule has 0 aromatic rings. The zero-order valence-corrected chi connectivity index (χ0v) is 15.7. The van der Waals surface area contributed by atoms with Crippen LogP contribution in [0.4, 0.5) is 0 Å². The summed E-state index contributed by atoms with van der Waals surface area (Å²) < 4.78 is 0. The molecule has 0 radical (unpaired) electrons. The molecule has 0 aromatic heterocycles. The molecule has 0 aromatic carbocycles. The normalized spacial score (nSPS) is 9.80. The molecule has 0 spiro atoms. The molecule has 0 aliphatic heterocycles. The highest BCUT2D eigenvalue weighted by atomic mass is 16.4. The zero-order valence-electron chi connectivity index (χ0n) is 15.7. The lowest BCUT2D eigenvalue weighted by Gasteiger charge is -1.99. The second-order valence-electron chi connectivity index (χ2n) is 5.77. The van der Waals surface area contributed by atoms with Crippen LogP contribution in [-0.2, 0) is 14.4 Å². The van der Waals surface area contributed by atoms with Gasteiger partial charge in [0.05, 0.1) is 6.42 Å². The van der Waals surface area contributed by atoms with Crippen LogP contribution in [-0.4, -0.2) is 22.9 Å². The minimum Gasteiger partial charge on any atom is -0.481 e. The highest BCUT2D eigenvalue weighted by Gasteiger charge is 1.96. The maximum atomic E-state index is 10.2. The van der Waals surface area contributed by atoms with Crippen molar-refractivity contribution in [2.24, 2.45) is 11.5 Å². The smallest absolute Gasteiger partial charge is 0.307 e. The van der Waals surface area contributed by atoms with E-state index in [1.54, 1.807) is 6.08 Å². The number of carboxylic acids is 1. The van der Waals surface area contributed by atoms with Crippen molar-refractivity contribution in [3.05, 3.63) is 12.2 Å². The topological polar surface area (TPSA) is 158 Å². The first-order chi connectivity index (χ1) is 11.4. The molecule has 7 heteroatoms. The summed E-state index contributed by atoms with van der Waals surface area (Å²) >= 11 is 0. The van der Waals surface area contributed by atoms with E-state index in [9.17, 15) is 14.4 Å². The van der Waals surface area contributed by atoms with Crippen LogP contribution in [0.5, 0.6) is 0 Å². The number of allylic oxidation sites excluding steroid dienone is 1. The fraction of sp³-hybridized carbons (Fsp3) is 0.722. The summed E-state index contributed by atoms with van der Waals surface area (Å²) in [5, 5.41) is 8.41. The van der Waals surface area contributed by atoms with Crippen LogP contribution in [0.15, 0.2) is 12.2 Å². The SMILES string of the molecule is CCCCCCCCCCC=CCC(=O)O.N.NC(=O)CCC(N)=O. The molecule has 0 aliphatic carbocycles. The highest BCUT2D eigenvalue weighted by molar-refractivity contribution is 5.81. The van der Waals surface area contributed by atoms with Gasteiger partial charge in [0, 0.05) is 12.8 Å². The predicted molar refractivity (Wildman–Crippen MR) is 101 cm³/mol. The molecule has 8 N–H and O–H groups in total. The zero-order chi connectivity index (χ0) is 18.6. The third kappa shape index (κ3) is 34.5. The van der Waals surface area contributed by atoms with Crippen molar-refractivity contribution in [2.75, 3.05) is 0 Å². The minimum absolute atomic E-state index is 0. The van der Waals surface area contributed by atoms with Gasteiger partial charge in [-0.3, -0.25) is 14.4 Å². The van der Waals surface area contributed by atoms with E-state index in [1.807, 2.05) is 6.08 Å². The van der Waals surface area contributed by atoms with Gasteiger partial charge in [-0.15, -0.1) is 0 Å². The fourth-order valence-electron chi connectivity index (χ4n) is 1.94. The number of rotatable bonds is 14. The Morgan fingerprint density at radius 2 is 1.24 bits per heavy atom. The molecule has 0 aliphatic rings. The highest BCUT2D eigenvalue weighted by Crippen LogP contribution is 2.09. The Morgan fingerprint density at radius 3 is 1.64 bits per heavy atom. The van der Waals surface area contributed by atoms with E-state index in [0.29, 0.717) is 0 Å². The molecule has 0 rings (SSSR count). The largest absolute Gasteiger partial charge is 0.481 e.